The summed E-state index contributed by atoms with van der Waals surface area (Å²) in [6.45, 7) is 8.30. The van der Waals surface area contributed by atoms with Gasteiger partial charge in [0.1, 0.15) is 0 Å². The Morgan fingerprint density at radius 2 is 2.21 bits per heavy atom. The van der Waals surface area contributed by atoms with Gasteiger partial charge in [0.25, 0.3) is 0 Å². The molecular formula is C11H24N2O. The molecule has 1 unspecified atom stereocenters. The summed E-state index contributed by atoms with van der Waals surface area (Å²) in [4.78, 5) is 2.43. The van der Waals surface area contributed by atoms with E-state index in [1.165, 1.54) is 12.8 Å². The van der Waals surface area contributed by atoms with Gasteiger partial charge in [-0.3, -0.25) is 4.90 Å². The summed E-state index contributed by atoms with van der Waals surface area (Å²) in [7, 11) is 0. The number of nitrogens with zero attached hydrogens (tertiary/aromatic N) is 1. The fraction of sp³-hybridized carbons (Fsp3) is 1.00. The Hall–Kier alpha value is -0.120. The van der Waals surface area contributed by atoms with Crippen molar-refractivity contribution in [2.45, 2.75) is 45.3 Å². The first-order chi connectivity index (χ1) is 6.74. The number of rotatable bonds is 6. The second-order valence-electron chi connectivity index (χ2n) is 4.34. The summed E-state index contributed by atoms with van der Waals surface area (Å²) >= 11 is 0. The van der Waals surface area contributed by atoms with Crippen LogP contribution in [-0.4, -0.2) is 43.3 Å². The summed E-state index contributed by atoms with van der Waals surface area (Å²) in [5.74, 6) is 0. The molecule has 0 bridgehead atoms. The van der Waals surface area contributed by atoms with Crippen molar-refractivity contribution in [3.63, 3.8) is 0 Å². The second-order valence-corrected chi connectivity index (χ2v) is 4.34. The lowest BCUT2D eigenvalue weighted by Crippen LogP contribution is -2.37. The van der Waals surface area contributed by atoms with Gasteiger partial charge in [0.2, 0.25) is 0 Å². The molecule has 0 aromatic carbocycles. The Balaban J connectivity index is 2.17. The van der Waals surface area contributed by atoms with Crippen LogP contribution >= 0.6 is 0 Å². The smallest absolute Gasteiger partial charge is 0.0588 e. The maximum Gasteiger partial charge on any atom is 0.0588 e. The average Bonchev–Trinajstić information content (AvgIpc) is 2.64. The van der Waals surface area contributed by atoms with Crippen molar-refractivity contribution in [2.75, 3.05) is 26.2 Å². The van der Waals surface area contributed by atoms with Crippen molar-refractivity contribution >= 4 is 0 Å². The molecule has 0 aromatic rings. The highest BCUT2D eigenvalue weighted by Gasteiger charge is 2.17. The van der Waals surface area contributed by atoms with E-state index in [0.29, 0.717) is 12.1 Å². The van der Waals surface area contributed by atoms with Gasteiger partial charge in [-0.05, 0) is 33.1 Å². The normalized spacial score (nSPS) is 22.5. The van der Waals surface area contributed by atoms with E-state index >= 15 is 0 Å². The van der Waals surface area contributed by atoms with E-state index in [0.717, 1.165) is 32.7 Å². The second kappa shape index (κ2) is 6.38. The third kappa shape index (κ3) is 3.95. The van der Waals surface area contributed by atoms with Gasteiger partial charge >= 0.3 is 0 Å². The van der Waals surface area contributed by atoms with E-state index in [1.54, 1.807) is 0 Å². The predicted molar refractivity (Wildman–Crippen MR) is 59.4 cm³/mol. The van der Waals surface area contributed by atoms with Gasteiger partial charge in [-0.1, -0.05) is 0 Å². The van der Waals surface area contributed by atoms with Crippen molar-refractivity contribution in [3.05, 3.63) is 0 Å². The lowest BCUT2D eigenvalue weighted by Gasteiger charge is -2.26. The molecule has 1 rings (SSSR count). The third-order valence-electron chi connectivity index (χ3n) is 2.91. The first kappa shape index (κ1) is 12.0. The van der Waals surface area contributed by atoms with E-state index in [-0.39, 0.29) is 0 Å². The van der Waals surface area contributed by atoms with Crippen molar-refractivity contribution in [1.29, 1.82) is 0 Å². The predicted octanol–water partition coefficient (Wildman–Crippen LogP) is 1.22. The van der Waals surface area contributed by atoms with Gasteiger partial charge in [-0.15, -0.1) is 0 Å². The van der Waals surface area contributed by atoms with Gasteiger partial charge in [0, 0.05) is 32.3 Å². The molecule has 0 spiro atoms. The standard InChI is InChI=1S/C11H24N2O/c1-10(2)13(8-6-12)7-5-11-4-3-9-14-11/h10-11H,3-9,12H2,1-2H3. The molecule has 1 heterocycles. The quantitative estimate of drug-likeness (QED) is 0.701. The Morgan fingerprint density at radius 1 is 1.43 bits per heavy atom. The van der Waals surface area contributed by atoms with E-state index in [2.05, 4.69) is 18.7 Å². The van der Waals surface area contributed by atoms with Gasteiger partial charge in [0.05, 0.1) is 6.10 Å². The molecule has 0 saturated carbocycles. The van der Waals surface area contributed by atoms with E-state index < -0.39 is 0 Å². The maximum atomic E-state index is 5.60. The zero-order valence-electron chi connectivity index (χ0n) is 9.54. The fourth-order valence-electron chi connectivity index (χ4n) is 1.98. The van der Waals surface area contributed by atoms with Crippen molar-refractivity contribution in [3.8, 4) is 0 Å². The SMILES string of the molecule is CC(C)N(CCN)CCC1CCCO1. The first-order valence-corrected chi connectivity index (χ1v) is 5.79. The fourth-order valence-corrected chi connectivity index (χ4v) is 1.98. The zero-order valence-corrected chi connectivity index (χ0v) is 9.54. The topological polar surface area (TPSA) is 38.5 Å². The molecule has 1 atom stereocenters. The summed E-state index contributed by atoms with van der Waals surface area (Å²) in [5.41, 5.74) is 5.58. The minimum Gasteiger partial charge on any atom is -0.378 e. The molecule has 1 aliphatic rings. The zero-order chi connectivity index (χ0) is 10.4. The maximum absolute atomic E-state index is 5.60. The van der Waals surface area contributed by atoms with Crippen LogP contribution in [0.1, 0.15) is 33.1 Å². The van der Waals surface area contributed by atoms with Gasteiger partial charge in [0.15, 0.2) is 0 Å². The van der Waals surface area contributed by atoms with E-state index in [4.69, 9.17) is 10.5 Å². The van der Waals surface area contributed by atoms with Gasteiger partial charge in [-0.2, -0.15) is 0 Å². The van der Waals surface area contributed by atoms with Crippen LogP contribution in [0.3, 0.4) is 0 Å². The van der Waals surface area contributed by atoms with Crippen LogP contribution in [0.4, 0.5) is 0 Å². The summed E-state index contributed by atoms with van der Waals surface area (Å²) in [5, 5.41) is 0. The van der Waals surface area contributed by atoms with Gasteiger partial charge in [-0.25, -0.2) is 0 Å². The number of hydrogen-bond acceptors (Lipinski definition) is 3. The van der Waals surface area contributed by atoms with Crippen LogP contribution < -0.4 is 5.73 Å². The van der Waals surface area contributed by atoms with Crippen LogP contribution in [0.5, 0.6) is 0 Å². The highest BCUT2D eigenvalue weighted by Crippen LogP contribution is 2.16. The lowest BCUT2D eigenvalue weighted by atomic mass is 10.1. The Morgan fingerprint density at radius 3 is 2.71 bits per heavy atom. The van der Waals surface area contributed by atoms with Crippen LogP contribution in [0.25, 0.3) is 0 Å². The summed E-state index contributed by atoms with van der Waals surface area (Å²) < 4.78 is 5.60. The largest absolute Gasteiger partial charge is 0.378 e. The molecule has 1 aliphatic heterocycles. The third-order valence-corrected chi connectivity index (χ3v) is 2.91. The van der Waals surface area contributed by atoms with E-state index in [1.807, 2.05) is 0 Å². The monoisotopic (exact) mass is 200 g/mol. The molecule has 3 nitrogen and oxygen atoms in total. The highest BCUT2D eigenvalue weighted by atomic mass is 16.5. The Bertz CT molecular complexity index is 144. The molecule has 1 fully saturated rings. The molecule has 84 valence electrons. The molecule has 2 N–H and O–H groups in total. The summed E-state index contributed by atoms with van der Waals surface area (Å²) in [6.07, 6.45) is 4.16. The van der Waals surface area contributed by atoms with Crippen LogP contribution in [0.15, 0.2) is 0 Å². The number of ether oxygens (including phenoxy) is 1. The lowest BCUT2D eigenvalue weighted by molar-refractivity contribution is 0.0877. The molecule has 14 heavy (non-hydrogen) atoms. The number of hydrogen-bond donors (Lipinski definition) is 1. The van der Waals surface area contributed by atoms with E-state index in [9.17, 15) is 0 Å². The first-order valence-electron chi connectivity index (χ1n) is 5.79. The molecule has 0 aliphatic carbocycles. The van der Waals surface area contributed by atoms with Gasteiger partial charge < -0.3 is 10.5 Å². The minimum atomic E-state index is 0.508. The highest BCUT2D eigenvalue weighted by molar-refractivity contribution is 4.70. The van der Waals surface area contributed by atoms with Crippen molar-refractivity contribution in [2.24, 2.45) is 5.73 Å². The number of nitrogens with two attached hydrogens (primary N) is 1. The molecule has 3 heteroatoms. The van der Waals surface area contributed by atoms with Crippen LogP contribution in [-0.2, 0) is 4.74 Å². The average molecular weight is 200 g/mol. The molecular weight excluding hydrogens is 176 g/mol. The molecule has 0 radical (unpaired) electrons. The molecule has 0 amide bonds. The molecule has 0 aromatic heterocycles. The van der Waals surface area contributed by atoms with Crippen LogP contribution in [0.2, 0.25) is 0 Å². The van der Waals surface area contributed by atoms with Crippen LogP contribution in [0, 0.1) is 0 Å². The Labute approximate surface area is 87.6 Å². The van der Waals surface area contributed by atoms with Crippen molar-refractivity contribution < 1.29 is 4.74 Å². The summed E-state index contributed by atoms with van der Waals surface area (Å²) in [6, 6.07) is 0.597. The molecule has 1 saturated heterocycles. The Kier molecular flexibility index (Phi) is 5.45. The van der Waals surface area contributed by atoms with Crippen molar-refractivity contribution in [1.82, 2.24) is 4.90 Å². The minimum absolute atomic E-state index is 0.508.